The lowest BCUT2D eigenvalue weighted by molar-refractivity contribution is 0.504. The Balaban J connectivity index is 2.02. The predicted octanol–water partition coefficient (Wildman–Crippen LogP) is 5.18. The summed E-state index contributed by atoms with van der Waals surface area (Å²) < 4.78 is 27.1. The molecule has 0 saturated carbocycles. The van der Waals surface area contributed by atoms with Gasteiger partial charge in [-0.1, -0.05) is 29.3 Å². The average Bonchev–Trinajstić information content (AvgIpc) is 2.70. The number of rotatable bonds is 4. The maximum atomic E-state index is 13.1. The van der Waals surface area contributed by atoms with Crippen LogP contribution in [0.1, 0.15) is 24.1 Å². The van der Waals surface area contributed by atoms with Gasteiger partial charge in [0.15, 0.2) is 11.6 Å². The summed E-state index contributed by atoms with van der Waals surface area (Å²) in [5, 5.41) is 3.19. The molecule has 1 atom stereocenters. The molecule has 1 unspecified atom stereocenters. The molecule has 102 valence electrons. The Labute approximate surface area is 124 Å². The third kappa shape index (κ3) is 3.66. The molecule has 1 N–H and O–H groups in total. The normalized spacial score (nSPS) is 12.7. The highest BCUT2D eigenvalue weighted by Gasteiger charge is 2.13. The minimum Gasteiger partial charge on any atom is -0.306 e. The summed E-state index contributed by atoms with van der Waals surface area (Å²) in [5.74, 6) is -1.69. The number of nitrogens with one attached hydrogen (secondary N) is 1. The topological polar surface area (TPSA) is 12.0 Å². The van der Waals surface area contributed by atoms with Crippen LogP contribution < -0.4 is 5.32 Å². The minimum absolute atomic E-state index is 0.0237. The lowest BCUT2D eigenvalue weighted by Gasteiger charge is -2.13. The molecule has 2 aromatic rings. The minimum atomic E-state index is -0.844. The van der Waals surface area contributed by atoms with E-state index in [0.717, 1.165) is 11.6 Å². The van der Waals surface area contributed by atoms with E-state index in [4.69, 9.17) is 23.2 Å². The van der Waals surface area contributed by atoms with Gasteiger partial charge in [-0.3, -0.25) is 0 Å². The zero-order chi connectivity index (χ0) is 14.0. The van der Waals surface area contributed by atoms with Crippen LogP contribution in [-0.4, -0.2) is 0 Å². The quantitative estimate of drug-likeness (QED) is 0.817. The van der Waals surface area contributed by atoms with Gasteiger partial charge in [0, 0.05) is 12.6 Å². The zero-order valence-electron chi connectivity index (χ0n) is 10.0. The van der Waals surface area contributed by atoms with Gasteiger partial charge in [-0.15, -0.1) is 11.3 Å². The predicted molar refractivity (Wildman–Crippen MR) is 76.0 cm³/mol. The molecule has 0 radical (unpaired) electrons. The van der Waals surface area contributed by atoms with Crippen LogP contribution in [0.4, 0.5) is 8.78 Å². The van der Waals surface area contributed by atoms with Crippen molar-refractivity contribution >= 4 is 34.5 Å². The summed E-state index contributed by atoms with van der Waals surface area (Å²) in [4.78, 5) is 0. The van der Waals surface area contributed by atoms with Gasteiger partial charge in [-0.05, 0) is 36.2 Å². The van der Waals surface area contributed by atoms with Crippen molar-refractivity contribution in [3.8, 4) is 0 Å². The Morgan fingerprint density at radius 1 is 1.21 bits per heavy atom. The molecule has 6 heteroatoms. The van der Waals surface area contributed by atoms with E-state index < -0.39 is 11.6 Å². The third-order valence-electron chi connectivity index (χ3n) is 2.75. The first-order valence-electron chi connectivity index (χ1n) is 5.59. The van der Waals surface area contributed by atoms with Crippen molar-refractivity contribution < 1.29 is 8.78 Å². The second kappa shape index (κ2) is 6.18. The Morgan fingerprint density at radius 2 is 1.95 bits per heavy atom. The molecule has 1 nitrogen and oxygen atoms in total. The van der Waals surface area contributed by atoms with E-state index in [1.807, 2.05) is 6.92 Å². The molecule has 0 amide bonds. The van der Waals surface area contributed by atoms with Crippen LogP contribution in [0.3, 0.4) is 0 Å². The zero-order valence-corrected chi connectivity index (χ0v) is 12.3. The first-order chi connectivity index (χ1) is 8.97. The van der Waals surface area contributed by atoms with Crippen molar-refractivity contribution in [2.45, 2.75) is 19.5 Å². The van der Waals surface area contributed by atoms with Crippen molar-refractivity contribution in [3.63, 3.8) is 0 Å². The van der Waals surface area contributed by atoms with E-state index >= 15 is 0 Å². The van der Waals surface area contributed by atoms with Gasteiger partial charge in [0.25, 0.3) is 0 Å². The van der Waals surface area contributed by atoms with Crippen molar-refractivity contribution in [1.29, 1.82) is 0 Å². The van der Waals surface area contributed by atoms with E-state index in [2.05, 4.69) is 5.32 Å². The lowest BCUT2D eigenvalue weighted by Crippen LogP contribution is -2.18. The Bertz CT molecular complexity index is 586. The number of thiophene rings is 1. The highest BCUT2D eigenvalue weighted by molar-refractivity contribution is 7.20. The number of hydrogen-bond donors (Lipinski definition) is 1. The molecule has 0 fully saturated rings. The SMILES string of the molecule is CC(NCc1ccc(F)c(F)c1)c1cc(Cl)sc1Cl. The van der Waals surface area contributed by atoms with Crippen molar-refractivity contribution in [1.82, 2.24) is 5.32 Å². The summed E-state index contributed by atoms with van der Waals surface area (Å²) in [6, 6.07) is 5.62. The fourth-order valence-electron chi connectivity index (χ4n) is 1.68. The molecule has 0 aliphatic rings. The summed E-state index contributed by atoms with van der Waals surface area (Å²) in [7, 11) is 0. The molecule has 0 spiro atoms. The molecule has 1 aromatic carbocycles. The maximum Gasteiger partial charge on any atom is 0.159 e. The van der Waals surface area contributed by atoms with E-state index in [0.29, 0.717) is 20.8 Å². The Kier molecular flexibility index (Phi) is 4.79. The van der Waals surface area contributed by atoms with Gasteiger partial charge in [0.05, 0.1) is 8.67 Å². The molecule has 2 rings (SSSR count). The van der Waals surface area contributed by atoms with Crippen LogP contribution in [-0.2, 0) is 6.54 Å². The second-order valence-corrected chi connectivity index (χ2v) is 6.42. The van der Waals surface area contributed by atoms with Gasteiger partial charge in [-0.2, -0.15) is 0 Å². The average molecular weight is 322 g/mol. The molecule has 0 aliphatic carbocycles. The van der Waals surface area contributed by atoms with Crippen LogP contribution in [0.25, 0.3) is 0 Å². The van der Waals surface area contributed by atoms with Gasteiger partial charge in [-0.25, -0.2) is 8.78 Å². The molecule has 1 aromatic heterocycles. The van der Waals surface area contributed by atoms with Crippen LogP contribution in [0.15, 0.2) is 24.3 Å². The molecular formula is C13H11Cl2F2NS. The Morgan fingerprint density at radius 3 is 2.53 bits per heavy atom. The molecule has 0 bridgehead atoms. The summed E-state index contributed by atoms with van der Waals surface area (Å²) >= 11 is 13.2. The Hall–Kier alpha value is -0.680. The third-order valence-corrected chi connectivity index (χ3v) is 4.26. The first-order valence-corrected chi connectivity index (χ1v) is 7.16. The molecule has 0 aliphatic heterocycles. The van der Waals surface area contributed by atoms with Gasteiger partial charge in [0.2, 0.25) is 0 Å². The summed E-state index contributed by atoms with van der Waals surface area (Å²) in [6.45, 7) is 2.35. The highest BCUT2D eigenvalue weighted by Crippen LogP contribution is 2.34. The number of halogens is 4. The molecular weight excluding hydrogens is 311 g/mol. The van der Waals surface area contributed by atoms with Gasteiger partial charge < -0.3 is 5.32 Å². The number of benzene rings is 1. The smallest absolute Gasteiger partial charge is 0.159 e. The fraction of sp³-hybridized carbons (Fsp3) is 0.231. The van der Waals surface area contributed by atoms with Crippen LogP contribution in [0, 0.1) is 11.6 Å². The van der Waals surface area contributed by atoms with Crippen molar-refractivity contribution in [3.05, 3.63) is 55.7 Å². The maximum absolute atomic E-state index is 13.1. The summed E-state index contributed by atoms with van der Waals surface area (Å²) in [6.07, 6.45) is 0. The monoisotopic (exact) mass is 321 g/mol. The van der Waals surface area contributed by atoms with Gasteiger partial charge in [0.1, 0.15) is 0 Å². The molecule has 0 saturated heterocycles. The fourth-order valence-corrected chi connectivity index (χ4v) is 3.32. The van der Waals surface area contributed by atoms with E-state index in [1.54, 1.807) is 12.1 Å². The number of hydrogen-bond acceptors (Lipinski definition) is 2. The van der Waals surface area contributed by atoms with Crippen LogP contribution >= 0.6 is 34.5 Å². The van der Waals surface area contributed by atoms with E-state index in [1.165, 1.54) is 17.4 Å². The molecule has 1 heterocycles. The largest absolute Gasteiger partial charge is 0.306 e. The van der Waals surface area contributed by atoms with Crippen molar-refractivity contribution in [2.24, 2.45) is 0 Å². The lowest BCUT2D eigenvalue weighted by atomic mass is 10.1. The van der Waals surface area contributed by atoms with E-state index in [9.17, 15) is 8.78 Å². The summed E-state index contributed by atoms with van der Waals surface area (Å²) in [5.41, 5.74) is 1.57. The van der Waals surface area contributed by atoms with Crippen molar-refractivity contribution in [2.75, 3.05) is 0 Å². The van der Waals surface area contributed by atoms with E-state index in [-0.39, 0.29) is 6.04 Å². The van der Waals surface area contributed by atoms with Gasteiger partial charge >= 0.3 is 0 Å². The standard InChI is InChI=1S/C13H11Cl2F2NS/c1-7(9-5-12(14)19-13(9)15)18-6-8-2-3-10(16)11(17)4-8/h2-5,7,18H,6H2,1H3. The second-order valence-electron chi connectivity index (χ2n) is 4.13. The molecule has 19 heavy (non-hydrogen) atoms. The van der Waals surface area contributed by atoms with Crippen LogP contribution in [0.2, 0.25) is 8.67 Å². The highest BCUT2D eigenvalue weighted by atomic mass is 35.5. The van der Waals surface area contributed by atoms with Crippen LogP contribution in [0.5, 0.6) is 0 Å². The first kappa shape index (κ1) is 14.7.